The largest absolute Gasteiger partial charge is 0.465 e. The average Bonchev–Trinajstić information content (AvgIpc) is 2.94. The number of nitrogens with zero attached hydrogens (tertiary/aromatic N) is 4. The molecule has 0 bridgehead atoms. The summed E-state index contributed by atoms with van der Waals surface area (Å²) in [6.07, 6.45) is 0. The van der Waals surface area contributed by atoms with Crippen LogP contribution < -0.4 is 5.56 Å². The maximum Gasteiger partial charge on any atom is 0.329 e. The third kappa shape index (κ3) is 2.30. The van der Waals surface area contributed by atoms with Crippen molar-refractivity contribution >= 4 is 32.5 Å². The summed E-state index contributed by atoms with van der Waals surface area (Å²) in [5.74, 6) is -2.24. The quantitative estimate of drug-likeness (QED) is 0.675. The molecule has 7 nitrogen and oxygen atoms in total. The number of hydrogen-bond acceptors (Lipinski definition) is 7. The number of carbonyl (C=O) groups is 1. The summed E-state index contributed by atoms with van der Waals surface area (Å²) in [6, 6.07) is 10.7. The molecule has 0 spiro atoms. The predicted octanol–water partition coefficient (Wildman–Crippen LogP) is 1.95. The molecular weight excluding hydrogens is 328 g/mol. The molecule has 8 heteroatoms. The van der Waals surface area contributed by atoms with E-state index in [0.29, 0.717) is 10.5 Å². The molecule has 0 radical (unpaired) electrons. The number of hydrogen-bond donors (Lipinski definition) is 0. The fourth-order valence-corrected chi connectivity index (χ4v) is 3.41. The highest BCUT2D eigenvalue weighted by Crippen LogP contribution is 2.26. The molecule has 0 amide bonds. The molecule has 1 atom stereocenters. The lowest BCUT2D eigenvalue weighted by molar-refractivity contribution is -0.143. The number of aromatic nitrogens is 2. The van der Waals surface area contributed by atoms with Crippen molar-refractivity contribution in [3.63, 3.8) is 0 Å². The van der Waals surface area contributed by atoms with Crippen molar-refractivity contribution in [2.75, 3.05) is 6.61 Å². The first kappa shape index (κ1) is 15.7. The fraction of sp³-hybridized carbons (Fsp3) is 0.188. The van der Waals surface area contributed by atoms with Gasteiger partial charge in [-0.05, 0) is 19.1 Å². The zero-order chi connectivity index (χ0) is 17.3. The standard InChI is InChI=1S/C16H10N4O3S/c1-2-23-15(22)10(8-18)13-9(7-17)14(21)20-11-5-3-4-6-12(11)24-16(20)19-13/h3-6,10H,2H2,1H3. The van der Waals surface area contributed by atoms with Crippen molar-refractivity contribution in [3.05, 3.63) is 45.9 Å². The van der Waals surface area contributed by atoms with Gasteiger partial charge in [-0.15, -0.1) is 0 Å². The van der Waals surface area contributed by atoms with Gasteiger partial charge in [0.25, 0.3) is 5.56 Å². The van der Waals surface area contributed by atoms with Gasteiger partial charge in [0, 0.05) is 0 Å². The van der Waals surface area contributed by atoms with E-state index in [4.69, 9.17) is 4.74 Å². The molecule has 118 valence electrons. The zero-order valence-corrected chi connectivity index (χ0v) is 13.3. The van der Waals surface area contributed by atoms with E-state index >= 15 is 0 Å². The third-order valence-corrected chi connectivity index (χ3v) is 4.45. The lowest BCUT2D eigenvalue weighted by atomic mass is 10.0. The topological polar surface area (TPSA) is 108 Å². The maximum absolute atomic E-state index is 12.7. The Hall–Kier alpha value is -3.23. The van der Waals surface area contributed by atoms with Crippen molar-refractivity contribution in [1.82, 2.24) is 9.38 Å². The molecule has 0 saturated carbocycles. The number of fused-ring (bicyclic) bond motifs is 3. The van der Waals surface area contributed by atoms with E-state index in [2.05, 4.69) is 4.98 Å². The second-order valence-corrected chi connectivity index (χ2v) is 5.80. The molecular formula is C16H10N4O3S. The van der Waals surface area contributed by atoms with Crippen LogP contribution in [0.2, 0.25) is 0 Å². The second kappa shape index (κ2) is 6.11. The van der Waals surface area contributed by atoms with E-state index in [1.807, 2.05) is 12.1 Å². The Morgan fingerprint density at radius 2 is 2.17 bits per heavy atom. The Morgan fingerprint density at radius 3 is 2.83 bits per heavy atom. The Kier molecular flexibility index (Phi) is 3.98. The predicted molar refractivity (Wildman–Crippen MR) is 86.5 cm³/mol. The fourth-order valence-electron chi connectivity index (χ4n) is 2.39. The van der Waals surface area contributed by atoms with Crippen LogP contribution in [0.5, 0.6) is 0 Å². The Bertz CT molecular complexity index is 1100. The van der Waals surface area contributed by atoms with Gasteiger partial charge in [0.05, 0.1) is 28.6 Å². The molecule has 0 fully saturated rings. The van der Waals surface area contributed by atoms with Gasteiger partial charge in [-0.2, -0.15) is 10.5 Å². The van der Waals surface area contributed by atoms with E-state index in [9.17, 15) is 20.1 Å². The van der Waals surface area contributed by atoms with Crippen molar-refractivity contribution in [1.29, 1.82) is 10.5 Å². The molecule has 2 heterocycles. The van der Waals surface area contributed by atoms with Crippen molar-refractivity contribution < 1.29 is 9.53 Å². The highest BCUT2D eigenvalue weighted by molar-refractivity contribution is 7.23. The molecule has 0 aliphatic carbocycles. The number of nitriles is 2. The minimum atomic E-state index is -1.41. The minimum Gasteiger partial charge on any atom is -0.465 e. The monoisotopic (exact) mass is 338 g/mol. The summed E-state index contributed by atoms with van der Waals surface area (Å²) in [4.78, 5) is 29.2. The first-order valence-electron chi connectivity index (χ1n) is 7.03. The van der Waals surface area contributed by atoms with Crippen molar-refractivity contribution in [2.24, 2.45) is 0 Å². The van der Waals surface area contributed by atoms with Crippen molar-refractivity contribution in [3.8, 4) is 12.1 Å². The van der Waals surface area contributed by atoms with E-state index in [-0.39, 0.29) is 17.9 Å². The maximum atomic E-state index is 12.7. The SMILES string of the molecule is CCOC(=O)C(C#N)c1nc2sc3ccccc3n2c(=O)c1C#N. The van der Waals surface area contributed by atoms with Gasteiger partial charge in [-0.25, -0.2) is 9.38 Å². The Labute approximate surface area is 140 Å². The third-order valence-electron chi connectivity index (χ3n) is 3.42. The number of carbonyl (C=O) groups excluding carboxylic acids is 1. The van der Waals surface area contributed by atoms with Crippen LogP contribution in [0.4, 0.5) is 0 Å². The highest BCUT2D eigenvalue weighted by Gasteiger charge is 2.29. The summed E-state index contributed by atoms with van der Waals surface area (Å²) in [6.45, 7) is 1.69. The van der Waals surface area contributed by atoms with E-state index in [1.165, 1.54) is 15.7 Å². The van der Waals surface area contributed by atoms with Crippen LogP contribution in [-0.2, 0) is 9.53 Å². The first-order valence-corrected chi connectivity index (χ1v) is 7.84. The summed E-state index contributed by atoms with van der Waals surface area (Å²) in [7, 11) is 0. The van der Waals surface area contributed by atoms with Gasteiger partial charge in [0.15, 0.2) is 10.9 Å². The number of ether oxygens (including phenoxy) is 1. The summed E-state index contributed by atoms with van der Waals surface area (Å²) in [5, 5.41) is 18.7. The van der Waals surface area contributed by atoms with E-state index in [1.54, 1.807) is 31.2 Å². The summed E-state index contributed by atoms with van der Waals surface area (Å²) < 4.78 is 6.98. The molecule has 3 aromatic rings. The zero-order valence-electron chi connectivity index (χ0n) is 12.5. The molecule has 0 saturated heterocycles. The van der Waals surface area contributed by atoms with Crippen molar-refractivity contribution in [2.45, 2.75) is 12.8 Å². The average molecular weight is 338 g/mol. The normalized spacial score (nSPS) is 11.8. The number of thiazole rings is 1. The number of para-hydroxylation sites is 1. The molecule has 0 aliphatic heterocycles. The van der Waals surface area contributed by atoms with Crippen LogP contribution >= 0.6 is 11.3 Å². The molecule has 0 N–H and O–H groups in total. The van der Waals surface area contributed by atoms with Crippen LogP contribution in [0, 0.1) is 22.7 Å². The lowest BCUT2D eigenvalue weighted by Gasteiger charge is -2.09. The molecule has 3 rings (SSSR count). The molecule has 1 unspecified atom stereocenters. The van der Waals surface area contributed by atoms with Crippen LogP contribution in [-0.4, -0.2) is 22.0 Å². The second-order valence-electron chi connectivity index (χ2n) is 4.79. The minimum absolute atomic E-state index is 0.0863. The number of rotatable bonds is 3. The summed E-state index contributed by atoms with van der Waals surface area (Å²) >= 11 is 1.24. The van der Waals surface area contributed by atoms with Gasteiger partial charge >= 0.3 is 5.97 Å². The molecule has 1 aromatic carbocycles. The van der Waals surface area contributed by atoms with Gasteiger partial charge < -0.3 is 4.74 Å². The number of benzene rings is 1. The van der Waals surface area contributed by atoms with Crippen LogP contribution in [0.1, 0.15) is 24.1 Å². The van der Waals surface area contributed by atoms with Gasteiger partial charge in [-0.3, -0.25) is 9.59 Å². The number of esters is 1. The first-order chi connectivity index (χ1) is 11.6. The Morgan fingerprint density at radius 1 is 1.42 bits per heavy atom. The van der Waals surface area contributed by atoms with Gasteiger partial charge in [0.1, 0.15) is 11.6 Å². The van der Waals surface area contributed by atoms with Crippen LogP contribution in [0.25, 0.3) is 15.2 Å². The molecule has 0 aliphatic rings. The molecule has 2 aromatic heterocycles. The summed E-state index contributed by atoms with van der Waals surface area (Å²) in [5.41, 5.74) is -0.451. The Balaban J connectivity index is 2.36. The lowest BCUT2D eigenvalue weighted by Crippen LogP contribution is -2.24. The van der Waals surface area contributed by atoms with E-state index in [0.717, 1.165) is 4.70 Å². The van der Waals surface area contributed by atoms with E-state index < -0.39 is 17.4 Å². The smallest absolute Gasteiger partial charge is 0.329 e. The van der Waals surface area contributed by atoms with Gasteiger partial charge in [-0.1, -0.05) is 23.5 Å². The van der Waals surface area contributed by atoms with Crippen LogP contribution in [0.3, 0.4) is 0 Å². The highest BCUT2D eigenvalue weighted by atomic mass is 32.1. The molecule has 24 heavy (non-hydrogen) atoms. The van der Waals surface area contributed by atoms with Crippen LogP contribution in [0.15, 0.2) is 29.1 Å². The van der Waals surface area contributed by atoms with Gasteiger partial charge in [0.2, 0.25) is 0 Å².